The number of nitrogens with zero attached hydrogens (tertiary/aromatic N) is 1. The van der Waals surface area contributed by atoms with Crippen molar-refractivity contribution < 1.29 is 17.7 Å². The Balaban J connectivity index is 2.33. The van der Waals surface area contributed by atoms with Gasteiger partial charge in [-0.25, -0.2) is 12.8 Å². The number of hydrogen-bond acceptors (Lipinski definition) is 5. The van der Waals surface area contributed by atoms with Crippen molar-refractivity contribution in [1.82, 2.24) is 0 Å². The zero-order valence-corrected chi connectivity index (χ0v) is 10.9. The van der Waals surface area contributed by atoms with E-state index in [9.17, 15) is 22.9 Å². The number of nitro groups is 1. The fraction of sp³-hybridized carbons (Fsp3) is 0.200. The van der Waals surface area contributed by atoms with E-state index in [2.05, 4.69) is 5.32 Å². The molecule has 0 radical (unpaired) electrons. The summed E-state index contributed by atoms with van der Waals surface area (Å²) in [6.45, 7) is 0. The molecule has 19 heavy (non-hydrogen) atoms. The van der Waals surface area contributed by atoms with Crippen LogP contribution in [0.5, 0.6) is 0 Å². The minimum absolute atomic E-state index is 0.0249. The van der Waals surface area contributed by atoms with Gasteiger partial charge in [-0.1, -0.05) is 17.7 Å². The van der Waals surface area contributed by atoms with Gasteiger partial charge in [0.2, 0.25) is 0 Å². The van der Waals surface area contributed by atoms with E-state index >= 15 is 0 Å². The fourth-order valence-corrected chi connectivity index (χ4v) is 3.07. The Morgan fingerprint density at radius 2 is 2.16 bits per heavy atom. The van der Waals surface area contributed by atoms with Crippen molar-refractivity contribution in [1.29, 1.82) is 0 Å². The molecule has 9 heteroatoms. The van der Waals surface area contributed by atoms with Crippen LogP contribution in [-0.4, -0.2) is 25.1 Å². The predicted molar refractivity (Wildman–Crippen MR) is 68.4 cm³/mol. The summed E-state index contributed by atoms with van der Waals surface area (Å²) in [6, 6.07) is 1.15. The second kappa shape index (κ2) is 4.78. The molecule has 0 saturated heterocycles. The molecule has 1 aromatic rings. The van der Waals surface area contributed by atoms with Crippen LogP contribution in [0.25, 0.3) is 0 Å². The van der Waals surface area contributed by atoms with Gasteiger partial charge in [-0.05, 0) is 6.07 Å². The summed E-state index contributed by atoms with van der Waals surface area (Å²) in [7, 11) is -3.29. The third kappa shape index (κ3) is 3.02. The Kier molecular flexibility index (Phi) is 3.46. The van der Waals surface area contributed by atoms with Gasteiger partial charge in [0.15, 0.2) is 9.84 Å². The highest BCUT2D eigenvalue weighted by Crippen LogP contribution is 2.31. The lowest BCUT2D eigenvalue weighted by Gasteiger charge is -2.12. The van der Waals surface area contributed by atoms with Gasteiger partial charge in [0.05, 0.1) is 27.8 Å². The summed E-state index contributed by atoms with van der Waals surface area (Å²) >= 11 is 5.56. The molecule has 0 aliphatic carbocycles. The van der Waals surface area contributed by atoms with E-state index in [0.29, 0.717) is 6.07 Å². The molecule has 0 bridgehead atoms. The molecule has 1 aromatic carbocycles. The summed E-state index contributed by atoms with van der Waals surface area (Å²) in [5.41, 5.74) is -0.525. The monoisotopic (exact) mass is 306 g/mol. The summed E-state index contributed by atoms with van der Waals surface area (Å²) < 4.78 is 35.6. The Bertz CT molecular complexity index is 674. The number of nitro benzene ring substituents is 1. The second-order valence-electron chi connectivity index (χ2n) is 3.95. The molecule has 0 amide bonds. The van der Waals surface area contributed by atoms with E-state index in [1.54, 1.807) is 0 Å². The number of benzene rings is 1. The molecule has 0 saturated carbocycles. The third-order valence-corrected chi connectivity index (χ3v) is 4.19. The van der Waals surface area contributed by atoms with Gasteiger partial charge < -0.3 is 5.32 Å². The molecule has 1 aliphatic rings. The minimum Gasteiger partial charge on any atom is -0.372 e. The van der Waals surface area contributed by atoms with Crippen molar-refractivity contribution in [3.05, 3.63) is 44.6 Å². The molecule has 2 rings (SSSR count). The van der Waals surface area contributed by atoms with Gasteiger partial charge in [-0.2, -0.15) is 0 Å². The van der Waals surface area contributed by atoms with Crippen molar-refractivity contribution in [2.24, 2.45) is 0 Å². The van der Waals surface area contributed by atoms with E-state index in [0.717, 1.165) is 11.5 Å². The topological polar surface area (TPSA) is 89.3 Å². The molecule has 6 nitrogen and oxygen atoms in total. The first-order chi connectivity index (χ1) is 8.78. The molecule has 1 unspecified atom stereocenters. The maximum Gasteiger partial charge on any atom is 0.295 e. The number of hydrogen-bond donors (Lipinski definition) is 1. The predicted octanol–water partition coefficient (Wildman–Crippen LogP) is 2.11. The standard InChI is InChI=1S/C10H8ClFN2O4S/c11-7-3-9(10(14(15)16)4-8(7)12)13-6-1-2-19(17,18)5-6/h1-4,6,13H,5H2. The number of sulfone groups is 1. The van der Waals surface area contributed by atoms with E-state index in [4.69, 9.17) is 11.6 Å². The first kappa shape index (κ1) is 13.8. The maximum absolute atomic E-state index is 13.2. The summed E-state index contributed by atoms with van der Waals surface area (Å²) in [6.07, 6.45) is 1.37. The van der Waals surface area contributed by atoms with Gasteiger partial charge in [-0.15, -0.1) is 0 Å². The van der Waals surface area contributed by atoms with Crippen LogP contribution >= 0.6 is 11.6 Å². The second-order valence-corrected chi connectivity index (χ2v) is 6.29. The van der Waals surface area contributed by atoms with Gasteiger partial charge in [0, 0.05) is 5.41 Å². The number of anilines is 1. The smallest absolute Gasteiger partial charge is 0.295 e. The molecule has 0 fully saturated rings. The highest BCUT2D eigenvalue weighted by molar-refractivity contribution is 7.94. The van der Waals surface area contributed by atoms with Crippen molar-refractivity contribution >= 4 is 32.8 Å². The maximum atomic E-state index is 13.2. The lowest BCUT2D eigenvalue weighted by molar-refractivity contribution is -0.384. The van der Waals surface area contributed by atoms with E-state index in [1.165, 1.54) is 6.08 Å². The lowest BCUT2D eigenvalue weighted by Crippen LogP contribution is -2.21. The minimum atomic E-state index is -3.29. The van der Waals surface area contributed by atoms with Crippen LogP contribution in [0.2, 0.25) is 5.02 Å². The molecule has 0 aromatic heterocycles. The normalized spacial score (nSPS) is 20.4. The Labute approximate surface area is 112 Å². The van der Waals surface area contributed by atoms with Crippen molar-refractivity contribution in [2.75, 3.05) is 11.1 Å². The van der Waals surface area contributed by atoms with Gasteiger partial charge in [0.1, 0.15) is 11.5 Å². The molecular weight excluding hydrogens is 299 g/mol. The Hall–Kier alpha value is -1.67. The molecule has 102 valence electrons. The van der Waals surface area contributed by atoms with Crippen LogP contribution < -0.4 is 5.32 Å². The van der Waals surface area contributed by atoms with Crippen molar-refractivity contribution in [2.45, 2.75) is 6.04 Å². The number of rotatable bonds is 3. The van der Waals surface area contributed by atoms with E-state index in [-0.39, 0.29) is 16.5 Å². The zero-order chi connectivity index (χ0) is 14.2. The largest absolute Gasteiger partial charge is 0.372 e. The molecule has 0 spiro atoms. The Morgan fingerprint density at radius 1 is 1.47 bits per heavy atom. The average Bonchev–Trinajstić information content (AvgIpc) is 2.62. The molecule has 1 atom stereocenters. The summed E-state index contributed by atoms with van der Waals surface area (Å²) in [4.78, 5) is 10.0. The molecule has 1 heterocycles. The number of halogens is 2. The van der Waals surface area contributed by atoms with Crippen LogP contribution in [0.1, 0.15) is 0 Å². The van der Waals surface area contributed by atoms with Crippen LogP contribution in [0.4, 0.5) is 15.8 Å². The van der Waals surface area contributed by atoms with Gasteiger partial charge in [0.25, 0.3) is 5.69 Å². The summed E-state index contributed by atoms with van der Waals surface area (Å²) in [5.74, 6) is -1.12. The molecular formula is C10H8ClFN2O4S. The van der Waals surface area contributed by atoms with Gasteiger partial charge in [-0.3, -0.25) is 10.1 Å². The lowest BCUT2D eigenvalue weighted by atomic mass is 10.2. The summed E-state index contributed by atoms with van der Waals surface area (Å²) in [5, 5.41) is 14.2. The third-order valence-electron chi connectivity index (χ3n) is 2.51. The van der Waals surface area contributed by atoms with E-state index < -0.39 is 32.3 Å². The van der Waals surface area contributed by atoms with Crippen LogP contribution in [0, 0.1) is 15.9 Å². The average molecular weight is 307 g/mol. The van der Waals surface area contributed by atoms with Crippen LogP contribution in [-0.2, 0) is 9.84 Å². The highest BCUT2D eigenvalue weighted by Gasteiger charge is 2.25. The van der Waals surface area contributed by atoms with Crippen molar-refractivity contribution in [3.8, 4) is 0 Å². The first-order valence-electron chi connectivity index (χ1n) is 5.09. The number of nitrogens with one attached hydrogen (secondary N) is 1. The zero-order valence-electron chi connectivity index (χ0n) is 9.34. The van der Waals surface area contributed by atoms with E-state index in [1.807, 2.05) is 0 Å². The van der Waals surface area contributed by atoms with Crippen LogP contribution in [0.3, 0.4) is 0 Å². The quantitative estimate of drug-likeness (QED) is 0.682. The van der Waals surface area contributed by atoms with Crippen LogP contribution in [0.15, 0.2) is 23.6 Å². The van der Waals surface area contributed by atoms with Crippen molar-refractivity contribution in [3.63, 3.8) is 0 Å². The fourth-order valence-electron chi connectivity index (χ4n) is 1.67. The molecule has 1 aliphatic heterocycles. The Morgan fingerprint density at radius 3 is 2.68 bits per heavy atom. The first-order valence-corrected chi connectivity index (χ1v) is 7.19. The highest BCUT2D eigenvalue weighted by atomic mass is 35.5. The molecule has 1 N–H and O–H groups in total. The SMILES string of the molecule is O=[N+]([O-])c1cc(F)c(Cl)cc1NC1C=CS(=O)(=O)C1. The van der Waals surface area contributed by atoms with Gasteiger partial charge >= 0.3 is 0 Å².